The number of hydrogen-bond donors (Lipinski definition) is 0. The van der Waals surface area contributed by atoms with Crippen molar-refractivity contribution in [1.82, 2.24) is 9.78 Å². The second-order valence-electron chi connectivity index (χ2n) is 6.10. The Morgan fingerprint density at radius 3 is 2.73 bits per heavy atom. The molecule has 0 amide bonds. The Balaban J connectivity index is 1.73. The zero-order valence-electron chi connectivity index (χ0n) is 12.3. The number of benzene rings is 1. The van der Waals surface area contributed by atoms with Crippen LogP contribution in [-0.2, 0) is 16.3 Å². The maximum Gasteiger partial charge on any atom is 0.152 e. The lowest BCUT2D eigenvalue weighted by Crippen LogP contribution is -2.14. The number of hydrogen-bond acceptors (Lipinski definition) is 3. The molecular weight excluding hydrogens is 296 g/mol. The van der Waals surface area contributed by atoms with E-state index in [4.69, 9.17) is 0 Å². The second-order valence-corrected chi connectivity index (χ2v) is 8.33. The number of aromatic nitrogens is 2. The monoisotopic (exact) mass is 314 g/mol. The number of nitrogens with zero attached hydrogens (tertiary/aromatic N) is 2. The summed E-state index contributed by atoms with van der Waals surface area (Å²) < 4.78 is 25.5. The van der Waals surface area contributed by atoms with Crippen LogP contribution in [0.2, 0.25) is 0 Å². The number of fused-ring (bicyclic) bond motifs is 1. The van der Waals surface area contributed by atoms with Crippen LogP contribution in [0.5, 0.6) is 0 Å². The minimum atomic E-state index is -2.90. The van der Waals surface area contributed by atoms with Crippen molar-refractivity contribution in [2.75, 3.05) is 11.5 Å². The van der Waals surface area contributed by atoms with Gasteiger partial charge in [-0.15, -0.1) is 0 Å². The first-order chi connectivity index (χ1) is 10.6. The van der Waals surface area contributed by atoms with Gasteiger partial charge in [0.05, 0.1) is 29.4 Å². The fourth-order valence-electron chi connectivity index (χ4n) is 3.46. The highest BCUT2D eigenvalue weighted by Gasteiger charge is 2.33. The fourth-order valence-corrected chi connectivity index (χ4v) is 5.15. The molecule has 0 saturated carbocycles. The number of aryl methyl sites for hydroxylation is 1. The Morgan fingerprint density at radius 2 is 2.00 bits per heavy atom. The van der Waals surface area contributed by atoms with Crippen LogP contribution in [0.15, 0.2) is 36.5 Å². The molecular formula is C17H18N2O2S. The molecule has 5 heteroatoms. The zero-order chi connectivity index (χ0) is 15.2. The summed E-state index contributed by atoms with van der Waals surface area (Å²) in [6, 6.07) is 10.2. The molecule has 2 aromatic rings. The molecule has 0 bridgehead atoms. The summed E-state index contributed by atoms with van der Waals surface area (Å²) in [6.07, 6.45) is 6.78. The highest BCUT2D eigenvalue weighted by Crippen LogP contribution is 2.37. The first kappa shape index (κ1) is 13.8. The van der Waals surface area contributed by atoms with Gasteiger partial charge in [0, 0.05) is 0 Å². The smallest absolute Gasteiger partial charge is 0.152 e. The lowest BCUT2D eigenvalue weighted by Gasteiger charge is -2.13. The quantitative estimate of drug-likeness (QED) is 0.856. The van der Waals surface area contributed by atoms with Gasteiger partial charge in [0.1, 0.15) is 0 Å². The van der Waals surface area contributed by atoms with Crippen molar-refractivity contribution >= 4 is 21.5 Å². The highest BCUT2D eigenvalue weighted by molar-refractivity contribution is 7.91. The molecule has 1 atom stereocenters. The van der Waals surface area contributed by atoms with Crippen LogP contribution in [0, 0.1) is 0 Å². The third-order valence-electron chi connectivity index (χ3n) is 4.53. The van der Waals surface area contributed by atoms with E-state index in [2.05, 4.69) is 23.3 Å². The first-order valence-electron chi connectivity index (χ1n) is 7.65. The topological polar surface area (TPSA) is 52.0 Å². The number of allylic oxidation sites excluding steroid dienone is 1. The van der Waals surface area contributed by atoms with Crippen molar-refractivity contribution in [3.8, 4) is 0 Å². The molecule has 2 heterocycles. The minimum Gasteiger partial charge on any atom is -0.261 e. The average Bonchev–Trinajstić information content (AvgIpc) is 3.16. The van der Waals surface area contributed by atoms with E-state index in [9.17, 15) is 8.42 Å². The second kappa shape index (κ2) is 5.09. The van der Waals surface area contributed by atoms with E-state index >= 15 is 0 Å². The Bertz CT molecular complexity index is 835. The van der Waals surface area contributed by atoms with Gasteiger partial charge in [-0.25, -0.2) is 8.42 Å². The molecule has 1 unspecified atom stereocenters. The van der Waals surface area contributed by atoms with Gasteiger partial charge in [-0.3, -0.25) is 4.68 Å². The summed E-state index contributed by atoms with van der Waals surface area (Å²) in [7, 11) is -2.90. The molecule has 114 valence electrons. The van der Waals surface area contributed by atoms with Gasteiger partial charge in [-0.2, -0.15) is 5.10 Å². The standard InChI is InChI=1S/C17H18N2O2S/c20-22(21)9-8-16(12-22)19-17-14(6-7-15(17)11-18-19)10-13-4-2-1-3-5-13/h1-5,10-11,16H,6-9,12H2/b14-10-. The maximum absolute atomic E-state index is 11.8. The molecule has 1 aliphatic heterocycles. The Morgan fingerprint density at radius 1 is 1.18 bits per heavy atom. The van der Waals surface area contributed by atoms with E-state index in [0.717, 1.165) is 18.5 Å². The zero-order valence-corrected chi connectivity index (χ0v) is 13.1. The molecule has 1 aliphatic carbocycles. The third kappa shape index (κ3) is 2.39. The Labute approximate surface area is 130 Å². The SMILES string of the molecule is O=S1(=O)CCC(n2ncc3c2/C(=C\c2ccccc2)CC3)C1. The van der Waals surface area contributed by atoms with E-state index in [1.165, 1.54) is 16.7 Å². The van der Waals surface area contributed by atoms with Crippen LogP contribution < -0.4 is 0 Å². The van der Waals surface area contributed by atoms with Crippen molar-refractivity contribution in [3.05, 3.63) is 53.3 Å². The Hall–Kier alpha value is -1.88. The van der Waals surface area contributed by atoms with Crippen LogP contribution in [0.3, 0.4) is 0 Å². The van der Waals surface area contributed by atoms with Gasteiger partial charge in [-0.1, -0.05) is 30.3 Å². The van der Waals surface area contributed by atoms with Crippen LogP contribution in [0.4, 0.5) is 0 Å². The van der Waals surface area contributed by atoms with Gasteiger partial charge >= 0.3 is 0 Å². The summed E-state index contributed by atoms with van der Waals surface area (Å²) >= 11 is 0. The summed E-state index contributed by atoms with van der Waals surface area (Å²) in [5.41, 5.74) is 4.83. The molecule has 4 rings (SSSR count). The fraction of sp³-hybridized carbons (Fsp3) is 0.353. The van der Waals surface area contributed by atoms with Gasteiger partial charge in [-0.05, 0) is 42.0 Å². The average molecular weight is 314 g/mol. The van der Waals surface area contributed by atoms with Crippen LogP contribution in [0.25, 0.3) is 11.6 Å². The van der Waals surface area contributed by atoms with Crippen molar-refractivity contribution in [2.24, 2.45) is 0 Å². The van der Waals surface area contributed by atoms with E-state index in [-0.39, 0.29) is 17.5 Å². The van der Waals surface area contributed by atoms with E-state index < -0.39 is 9.84 Å². The predicted octanol–water partition coefficient (Wildman–Crippen LogP) is 2.73. The van der Waals surface area contributed by atoms with E-state index in [1.54, 1.807) is 0 Å². The van der Waals surface area contributed by atoms with Crippen molar-refractivity contribution in [3.63, 3.8) is 0 Å². The van der Waals surface area contributed by atoms with Crippen LogP contribution >= 0.6 is 0 Å². The number of rotatable bonds is 2. The molecule has 4 nitrogen and oxygen atoms in total. The highest BCUT2D eigenvalue weighted by atomic mass is 32.2. The molecule has 1 aromatic heterocycles. The normalized spacial score (nSPS) is 24.7. The molecule has 1 aromatic carbocycles. The summed E-state index contributed by atoms with van der Waals surface area (Å²) in [4.78, 5) is 0. The first-order valence-corrected chi connectivity index (χ1v) is 9.47. The number of sulfone groups is 1. The van der Waals surface area contributed by atoms with Gasteiger partial charge in [0.15, 0.2) is 9.84 Å². The van der Waals surface area contributed by atoms with Crippen molar-refractivity contribution in [1.29, 1.82) is 0 Å². The van der Waals surface area contributed by atoms with E-state index in [1.807, 2.05) is 29.1 Å². The Kier molecular flexibility index (Phi) is 3.18. The molecule has 0 spiro atoms. The van der Waals surface area contributed by atoms with Crippen molar-refractivity contribution < 1.29 is 8.42 Å². The van der Waals surface area contributed by atoms with Crippen LogP contribution in [0.1, 0.15) is 35.7 Å². The van der Waals surface area contributed by atoms with Crippen molar-refractivity contribution in [2.45, 2.75) is 25.3 Å². The van der Waals surface area contributed by atoms with Gasteiger partial charge in [0.2, 0.25) is 0 Å². The lowest BCUT2D eigenvalue weighted by atomic mass is 10.1. The summed E-state index contributed by atoms with van der Waals surface area (Å²) in [5, 5.41) is 4.49. The molecule has 2 aliphatic rings. The molecule has 0 radical (unpaired) electrons. The third-order valence-corrected chi connectivity index (χ3v) is 6.28. The van der Waals surface area contributed by atoms with E-state index in [0.29, 0.717) is 6.42 Å². The maximum atomic E-state index is 11.8. The molecule has 1 saturated heterocycles. The summed E-state index contributed by atoms with van der Waals surface area (Å²) in [5.74, 6) is 0.504. The van der Waals surface area contributed by atoms with Gasteiger partial charge < -0.3 is 0 Å². The van der Waals surface area contributed by atoms with Gasteiger partial charge in [0.25, 0.3) is 0 Å². The summed E-state index contributed by atoms with van der Waals surface area (Å²) in [6.45, 7) is 0. The minimum absolute atomic E-state index is 0.00831. The predicted molar refractivity (Wildman–Crippen MR) is 87.2 cm³/mol. The van der Waals surface area contributed by atoms with Crippen LogP contribution in [-0.4, -0.2) is 29.7 Å². The molecule has 1 fully saturated rings. The molecule has 0 N–H and O–H groups in total. The lowest BCUT2D eigenvalue weighted by molar-refractivity contribution is 0.495. The largest absolute Gasteiger partial charge is 0.261 e. The molecule has 22 heavy (non-hydrogen) atoms.